The lowest BCUT2D eigenvalue weighted by atomic mass is 10.0. The zero-order valence-corrected chi connectivity index (χ0v) is 23.6. The smallest absolute Gasteiger partial charge is 0.254 e. The number of benzene rings is 3. The Balaban J connectivity index is 1.27. The van der Waals surface area contributed by atoms with E-state index in [9.17, 15) is 9.59 Å². The largest absolute Gasteiger partial charge is 0.361 e. The molecule has 4 aromatic rings. The lowest BCUT2D eigenvalue weighted by Gasteiger charge is -2.28. The molecule has 0 bridgehead atoms. The van der Waals surface area contributed by atoms with Crippen LogP contribution in [0.25, 0.3) is 10.9 Å². The van der Waals surface area contributed by atoms with Crippen LogP contribution in [0.5, 0.6) is 0 Å². The third-order valence-electron chi connectivity index (χ3n) is 7.97. The Bertz CT molecular complexity index is 1390. The summed E-state index contributed by atoms with van der Waals surface area (Å²) < 4.78 is 0. The molecule has 0 spiro atoms. The quantitative estimate of drug-likeness (QED) is 0.174. The topological polar surface area (TPSA) is 56.4 Å². The first-order valence-electron chi connectivity index (χ1n) is 14.9. The van der Waals surface area contributed by atoms with Gasteiger partial charge in [-0.2, -0.15) is 0 Å². The molecular weight excluding hydrogens is 494 g/mol. The molecule has 1 fully saturated rings. The summed E-state index contributed by atoms with van der Waals surface area (Å²) in [6.45, 7) is 3.46. The van der Waals surface area contributed by atoms with Crippen LogP contribution in [0.2, 0.25) is 0 Å². The first-order chi connectivity index (χ1) is 19.6. The third kappa shape index (κ3) is 7.20. The van der Waals surface area contributed by atoms with E-state index in [1.165, 1.54) is 42.2 Å². The minimum Gasteiger partial charge on any atom is -0.361 e. The van der Waals surface area contributed by atoms with Gasteiger partial charge in [-0.1, -0.05) is 86.8 Å². The van der Waals surface area contributed by atoms with Gasteiger partial charge in [0.15, 0.2) is 0 Å². The first kappa shape index (κ1) is 27.7. The van der Waals surface area contributed by atoms with Gasteiger partial charge in [0.2, 0.25) is 5.91 Å². The fourth-order valence-electron chi connectivity index (χ4n) is 5.42. The van der Waals surface area contributed by atoms with Gasteiger partial charge in [0.25, 0.3) is 5.91 Å². The van der Waals surface area contributed by atoms with E-state index < -0.39 is 0 Å². The Kier molecular flexibility index (Phi) is 9.33. The van der Waals surface area contributed by atoms with Crippen molar-refractivity contribution in [3.05, 3.63) is 107 Å². The molecule has 0 aliphatic heterocycles. The Labute approximate surface area is 238 Å². The van der Waals surface area contributed by atoms with Crippen LogP contribution in [0.3, 0.4) is 0 Å². The van der Waals surface area contributed by atoms with E-state index in [4.69, 9.17) is 0 Å². The normalized spacial score (nSPS) is 12.9. The number of H-pyrrole nitrogens is 1. The van der Waals surface area contributed by atoms with Crippen molar-refractivity contribution in [2.24, 2.45) is 0 Å². The summed E-state index contributed by atoms with van der Waals surface area (Å²) in [5.41, 5.74) is 5.34. The predicted molar refractivity (Wildman–Crippen MR) is 162 cm³/mol. The minimum atomic E-state index is -0.0373. The zero-order valence-electron chi connectivity index (χ0n) is 23.6. The molecule has 1 saturated carbocycles. The molecule has 1 aromatic heterocycles. The monoisotopic (exact) mass is 535 g/mol. The molecule has 1 aliphatic rings. The second-order valence-electron chi connectivity index (χ2n) is 11.1. The molecule has 1 N–H and O–H groups in total. The summed E-state index contributed by atoms with van der Waals surface area (Å²) >= 11 is 0. The molecule has 0 radical (unpaired) electrons. The van der Waals surface area contributed by atoms with Crippen LogP contribution in [0, 0.1) is 0 Å². The molecule has 1 aliphatic carbocycles. The number of unbranched alkanes of at least 4 members (excludes halogenated alkanes) is 3. The highest BCUT2D eigenvalue weighted by Crippen LogP contribution is 2.29. The minimum absolute atomic E-state index is 0.00325. The Hall–Kier alpha value is -3.86. The number of fused-ring (bicyclic) bond motifs is 1. The molecule has 2 amide bonds. The number of nitrogens with zero attached hydrogens (tertiary/aromatic N) is 2. The van der Waals surface area contributed by atoms with Crippen LogP contribution >= 0.6 is 0 Å². The second kappa shape index (κ2) is 13.5. The van der Waals surface area contributed by atoms with Gasteiger partial charge in [0.1, 0.15) is 6.54 Å². The maximum atomic E-state index is 13.8. The Morgan fingerprint density at radius 2 is 1.57 bits per heavy atom. The molecule has 0 saturated heterocycles. The number of carbonyl (C=O) groups excluding carboxylic acids is 2. The number of hydrogen-bond donors (Lipinski definition) is 1. The van der Waals surface area contributed by atoms with Gasteiger partial charge < -0.3 is 14.8 Å². The highest BCUT2D eigenvalue weighted by molar-refractivity contribution is 5.97. The van der Waals surface area contributed by atoms with Gasteiger partial charge in [0, 0.05) is 41.8 Å². The maximum Gasteiger partial charge on any atom is 0.254 e. The van der Waals surface area contributed by atoms with E-state index in [1.807, 2.05) is 58.5 Å². The van der Waals surface area contributed by atoms with Crippen LogP contribution in [0.1, 0.15) is 72.5 Å². The number of aromatic nitrogens is 1. The molecule has 208 valence electrons. The van der Waals surface area contributed by atoms with Crippen molar-refractivity contribution in [2.75, 3.05) is 13.1 Å². The van der Waals surface area contributed by atoms with Crippen LogP contribution in [-0.4, -0.2) is 45.7 Å². The SMILES string of the molecule is CCCCCCc1ccc(C(=O)N(CC(=O)N(CCc2c[nH]c3ccccc23)Cc2ccccc2)C2CC2)cc1. The van der Waals surface area contributed by atoms with Crippen molar-refractivity contribution < 1.29 is 9.59 Å². The third-order valence-corrected chi connectivity index (χ3v) is 7.97. The Morgan fingerprint density at radius 3 is 2.33 bits per heavy atom. The van der Waals surface area contributed by atoms with Crippen molar-refractivity contribution in [3.8, 4) is 0 Å². The van der Waals surface area contributed by atoms with Crippen LogP contribution in [0.4, 0.5) is 0 Å². The fourth-order valence-corrected chi connectivity index (χ4v) is 5.42. The number of hydrogen-bond acceptors (Lipinski definition) is 2. The molecule has 0 unspecified atom stereocenters. The lowest BCUT2D eigenvalue weighted by Crippen LogP contribution is -2.44. The van der Waals surface area contributed by atoms with E-state index in [0.29, 0.717) is 18.7 Å². The van der Waals surface area contributed by atoms with E-state index in [1.54, 1.807) is 0 Å². The van der Waals surface area contributed by atoms with Crippen molar-refractivity contribution in [1.82, 2.24) is 14.8 Å². The standard InChI is InChI=1S/C35H41N3O2/c1-2-3-4-6-11-27-16-18-29(19-17-27)35(40)38(31-20-21-31)26-34(39)37(25-28-12-7-5-8-13-28)23-22-30-24-36-33-15-10-9-14-32(30)33/h5,7-10,12-19,24,31,36H,2-4,6,11,20-23,25-26H2,1H3. The van der Waals surface area contributed by atoms with E-state index in [0.717, 1.165) is 36.8 Å². The van der Waals surface area contributed by atoms with Crippen molar-refractivity contribution in [1.29, 1.82) is 0 Å². The lowest BCUT2D eigenvalue weighted by molar-refractivity contribution is -0.132. The highest BCUT2D eigenvalue weighted by Gasteiger charge is 2.35. The van der Waals surface area contributed by atoms with Crippen molar-refractivity contribution in [3.63, 3.8) is 0 Å². The fraction of sp³-hybridized carbons (Fsp3) is 0.371. The van der Waals surface area contributed by atoms with E-state index in [2.05, 4.69) is 48.3 Å². The molecule has 40 heavy (non-hydrogen) atoms. The number of aryl methyl sites for hydroxylation is 1. The number of amides is 2. The second-order valence-corrected chi connectivity index (χ2v) is 11.1. The van der Waals surface area contributed by atoms with Crippen molar-refractivity contribution in [2.45, 2.75) is 70.9 Å². The molecule has 3 aromatic carbocycles. The zero-order chi connectivity index (χ0) is 27.7. The Morgan fingerprint density at radius 1 is 0.825 bits per heavy atom. The highest BCUT2D eigenvalue weighted by atomic mass is 16.2. The molecular formula is C35H41N3O2. The molecule has 0 atom stereocenters. The van der Waals surface area contributed by atoms with Gasteiger partial charge >= 0.3 is 0 Å². The average Bonchev–Trinajstić information content (AvgIpc) is 3.76. The van der Waals surface area contributed by atoms with Crippen LogP contribution in [0.15, 0.2) is 85.1 Å². The van der Waals surface area contributed by atoms with Gasteiger partial charge in [-0.05, 0) is 67.0 Å². The van der Waals surface area contributed by atoms with Crippen molar-refractivity contribution >= 4 is 22.7 Å². The molecule has 5 heteroatoms. The number of para-hydroxylation sites is 1. The number of nitrogens with one attached hydrogen (secondary N) is 1. The summed E-state index contributed by atoms with van der Waals surface area (Å²) in [5, 5.41) is 1.19. The number of aromatic amines is 1. The average molecular weight is 536 g/mol. The number of rotatable bonds is 14. The van der Waals surface area contributed by atoms with Gasteiger partial charge in [0.05, 0.1) is 0 Å². The number of carbonyl (C=O) groups is 2. The summed E-state index contributed by atoms with van der Waals surface area (Å²) in [7, 11) is 0. The van der Waals surface area contributed by atoms with Gasteiger partial charge in [-0.15, -0.1) is 0 Å². The van der Waals surface area contributed by atoms with E-state index in [-0.39, 0.29) is 24.4 Å². The van der Waals surface area contributed by atoms with Gasteiger partial charge in [-0.25, -0.2) is 0 Å². The molecule has 5 rings (SSSR count). The van der Waals surface area contributed by atoms with Crippen LogP contribution in [-0.2, 0) is 24.2 Å². The summed E-state index contributed by atoms with van der Waals surface area (Å²) in [6.07, 6.45) is 10.7. The molecule has 1 heterocycles. The first-order valence-corrected chi connectivity index (χ1v) is 14.9. The van der Waals surface area contributed by atoms with Gasteiger partial charge in [-0.3, -0.25) is 9.59 Å². The van der Waals surface area contributed by atoms with Crippen LogP contribution < -0.4 is 0 Å². The molecule has 5 nitrogen and oxygen atoms in total. The van der Waals surface area contributed by atoms with E-state index >= 15 is 0 Å². The summed E-state index contributed by atoms with van der Waals surface area (Å²) in [6, 6.07) is 26.6. The predicted octanol–water partition coefficient (Wildman–Crippen LogP) is 7.17. The summed E-state index contributed by atoms with van der Waals surface area (Å²) in [5.74, 6) is -0.0406. The maximum absolute atomic E-state index is 13.8. The summed E-state index contributed by atoms with van der Waals surface area (Å²) in [4.78, 5) is 34.5.